The Morgan fingerprint density at radius 3 is 2.23 bits per heavy atom. The average Bonchev–Trinajstić information content (AvgIpc) is 1.99. The van der Waals surface area contributed by atoms with E-state index in [2.05, 4.69) is 0 Å². The molecule has 0 amide bonds. The Kier molecular flexibility index (Phi) is 4.17. The third-order valence-corrected chi connectivity index (χ3v) is 2.04. The molecule has 1 atom stereocenters. The monoisotopic (exact) mass is 219 g/mol. The third kappa shape index (κ3) is 4.10. The Balaban J connectivity index is 4.11. The van der Waals surface area contributed by atoms with Crippen LogP contribution in [-0.2, 0) is 14.8 Å². The minimum Gasteiger partial charge on any atom is -0.479 e. The summed E-state index contributed by atoms with van der Waals surface area (Å²) in [5, 5.41) is 16.5. The zero-order valence-corrected chi connectivity index (χ0v) is 6.96. The number of hydrogen-bond donors (Lipinski definition) is 3. The maximum Gasteiger partial charge on any atom is 0.350 e. The highest BCUT2D eigenvalue weighted by Gasteiger charge is 2.25. The summed E-state index contributed by atoms with van der Waals surface area (Å²) in [5.74, 6) is -5.34. The van der Waals surface area contributed by atoms with E-state index in [1.807, 2.05) is 0 Å². The number of hydrogen-bond acceptors (Lipinski definition) is 4. The Hall–Kier alpha value is -0.800. The van der Waals surface area contributed by atoms with Gasteiger partial charge in [0.1, 0.15) is 0 Å². The zero-order valence-electron chi connectivity index (χ0n) is 6.15. The van der Waals surface area contributed by atoms with Gasteiger partial charge in [-0.05, 0) is 0 Å². The number of halogens is 2. The van der Waals surface area contributed by atoms with Crippen molar-refractivity contribution in [3.05, 3.63) is 0 Å². The fraction of sp³-hybridized carbons (Fsp3) is 0.750. The van der Waals surface area contributed by atoms with Gasteiger partial charge in [-0.25, -0.2) is 17.9 Å². The average molecular weight is 219 g/mol. The lowest BCUT2D eigenvalue weighted by Gasteiger charge is -2.07. The summed E-state index contributed by atoms with van der Waals surface area (Å²) in [6.45, 7) is -0.984. The van der Waals surface area contributed by atoms with Crippen LogP contribution in [0.1, 0.15) is 0 Å². The lowest BCUT2D eigenvalue weighted by atomic mass is 10.4. The quantitative estimate of drug-likeness (QED) is 0.526. The minimum atomic E-state index is -4.83. The number of aliphatic hydroxyl groups is 1. The van der Waals surface area contributed by atoms with Gasteiger partial charge in [0.2, 0.25) is 0 Å². The van der Waals surface area contributed by atoms with Crippen LogP contribution in [0.3, 0.4) is 0 Å². The van der Waals surface area contributed by atoms with E-state index in [9.17, 15) is 22.0 Å². The van der Waals surface area contributed by atoms with E-state index >= 15 is 0 Å². The standard InChI is InChI=1S/C4H7F2NO5S/c5-4(6)13(11,12)7-1-2(8)3(9)10/h2,4,7-8H,1H2,(H,9,10)/t2-/m0/s1. The van der Waals surface area contributed by atoms with Crippen LogP contribution in [0.2, 0.25) is 0 Å². The number of carbonyl (C=O) groups is 1. The second kappa shape index (κ2) is 4.44. The van der Waals surface area contributed by atoms with E-state index in [4.69, 9.17) is 10.2 Å². The molecule has 13 heavy (non-hydrogen) atoms. The molecule has 0 aliphatic heterocycles. The smallest absolute Gasteiger partial charge is 0.350 e. The highest BCUT2D eigenvalue weighted by Crippen LogP contribution is 2.01. The Labute approximate surface area is 72.2 Å². The summed E-state index contributed by atoms with van der Waals surface area (Å²) in [5.41, 5.74) is 0. The van der Waals surface area contributed by atoms with E-state index in [1.54, 1.807) is 0 Å². The zero-order chi connectivity index (χ0) is 10.6. The molecule has 0 fully saturated rings. The van der Waals surface area contributed by atoms with E-state index in [-0.39, 0.29) is 0 Å². The fourth-order valence-corrected chi connectivity index (χ4v) is 0.862. The van der Waals surface area contributed by atoms with Gasteiger partial charge in [-0.15, -0.1) is 0 Å². The molecular formula is C4H7F2NO5S. The molecule has 0 saturated heterocycles. The first-order chi connectivity index (χ1) is 5.77. The second-order valence-electron chi connectivity index (χ2n) is 2.01. The molecule has 0 aromatic rings. The van der Waals surface area contributed by atoms with Gasteiger partial charge in [0, 0.05) is 6.54 Å². The molecule has 6 nitrogen and oxygen atoms in total. The van der Waals surface area contributed by atoms with Gasteiger partial charge in [-0.3, -0.25) is 0 Å². The molecule has 3 N–H and O–H groups in total. The maximum atomic E-state index is 11.6. The van der Waals surface area contributed by atoms with Crippen LogP contribution >= 0.6 is 0 Å². The Bertz CT molecular complexity index is 276. The number of alkyl halides is 2. The van der Waals surface area contributed by atoms with Crippen molar-refractivity contribution in [2.45, 2.75) is 11.9 Å². The van der Waals surface area contributed by atoms with Crippen molar-refractivity contribution in [1.29, 1.82) is 0 Å². The van der Waals surface area contributed by atoms with Gasteiger partial charge in [0.05, 0.1) is 0 Å². The third-order valence-electron chi connectivity index (χ3n) is 0.997. The molecule has 0 rings (SSSR count). The summed E-state index contributed by atoms with van der Waals surface area (Å²) in [7, 11) is -4.83. The lowest BCUT2D eigenvalue weighted by Crippen LogP contribution is -2.38. The second-order valence-corrected chi connectivity index (χ2v) is 3.74. The van der Waals surface area contributed by atoms with E-state index in [0.29, 0.717) is 0 Å². The molecule has 0 radical (unpaired) electrons. The van der Waals surface area contributed by atoms with Crippen LogP contribution in [0.4, 0.5) is 8.78 Å². The van der Waals surface area contributed by atoms with Crippen molar-refractivity contribution >= 4 is 16.0 Å². The van der Waals surface area contributed by atoms with Crippen molar-refractivity contribution in [2.75, 3.05) is 6.54 Å². The number of aliphatic carboxylic acids is 1. The lowest BCUT2D eigenvalue weighted by molar-refractivity contribution is -0.146. The van der Waals surface area contributed by atoms with Gasteiger partial charge in [0.15, 0.2) is 6.10 Å². The van der Waals surface area contributed by atoms with Gasteiger partial charge in [-0.1, -0.05) is 0 Å². The van der Waals surface area contributed by atoms with E-state index in [1.165, 1.54) is 4.72 Å². The minimum absolute atomic E-state index is 0.984. The van der Waals surface area contributed by atoms with Crippen molar-refractivity contribution in [2.24, 2.45) is 0 Å². The largest absolute Gasteiger partial charge is 0.479 e. The molecular weight excluding hydrogens is 212 g/mol. The summed E-state index contributed by atoms with van der Waals surface area (Å²) in [6.07, 6.45) is -2.03. The van der Waals surface area contributed by atoms with E-state index < -0.39 is 34.4 Å². The first-order valence-corrected chi connectivity index (χ1v) is 4.49. The van der Waals surface area contributed by atoms with Crippen LogP contribution in [0.15, 0.2) is 0 Å². The number of sulfonamides is 1. The predicted octanol–water partition coefficient (Wildman–Crippen LogP) is -1.43. The van der Waals surface area contributed by atoms with Crippen molar-refractivity contribution in [1.82, 2.24) is 4.72 Å². The number of rotatable bonds is 5. The molecule has 0 aromatic carbocycles. The molecule has 78 valence electrons. The first-order valence-electron chi connectivity index (χ1n) is 2.95. The van der Waals surface area contributed by atoms with Crippen molar-refractivity contribution in [3.63, 3.8) is 0 Å². The van der Waals surface area contributed by atoms with Gasteiger partial charge in [-0.2, -0.15) is 8.78 Å². The molecule has 9 heteroatoms. The summed E-state index contributed by atoms with van der Waals surface area (Å²) >= 11 is 0. The number of nitrogens with one attached hydrogen (secondary N) is 1. The highest BCUT2D eigenvalue weighted by molar-refractivity contribution is 7.89. The highest BCUT2D eigenvalue weighted by atomic mass is 32.2. The van der Waals surface area contributed by atoms with E-state index in [0.717, 1.165) is 0 Å². The van der Waals surface area contributed by atoms with Crippen LogP contribution in [-0.4, -0.2) is 43.0 Å². The molecule has 0 aromatic heterocycles. The normalized spacial score (nSPS) is 14.5. The SMILES string of the molecule is O=C(O)[C@@H](O)CNS(=O)(=O)C(F)F. The van der Waals surface area contributed by atoms with Gasteiger partial charge in [0.25, 0.3) is 10.0 Å². The molecule has 0 saturated carbocycles. The first kappa shape index (κ1) is 12.2. The Morgan fingerprint density at radius 1 is 1.46 bits per heavy atom. The van der Waals surface area contributed by atoms with Crippen LogP contribution < -0.4 is 4.72 Å². The predicted molar refractivity (Wildman–Crippen MR) is 36.6 cm³/mol. The summed E-state index contributed by atoms with van der Waals surface area (Å²) in [4.78, 5) is 9.91. The van der Waals surface area contributed by atoms with Crippen LogP contribution in [0.25, 0.3) is 0 Å². The van der Waals surface area contributed by atoms with Crippen LogP contribution in [0, 0.1) is 0 Å². The molecule has 0 unspecified atom stereocenters. The maximum absolute atomic E-state index is 11.6. The van der Waals surface area contributed by atoms with Crippen molar-refractivity contribution < 1.29 is 32.2 Å². The number of carboxylic acid groups (broad SMARTS) is 1. The Morgan fingerprint density at radius 2 is 1.92 bits per heavy atom. The fourth-order valence-electron chi connectivity index (χ4n) is 0.345. The molecule has 0 bridgehead atoms. The molecule has 0 aliphatic carbocycles. The number of carboxylic acids is 1. The topological polar surface area (TPSA) is 104 Å². The summed E-state index contributed by atoms with van der Waals surface area (Å²) < 4.78 is 45.0. The molecule has 0 spiro atoms. The molecule has 0 heterocycles. The number of aliphatic hydroxyl groups excluding tert-OH is 1. The van der Waals surface area contributed by atoms with Crippen LogP contribution in [0.5, 0.6) is 0 Å². The van der Waals surface area contributed by atoms with Gasteiger partial charge >= 0.3 is 11.7 Å². The van der Waals surface area contributed by atoms with Gasteiger partial charge < -0.3 is 10.2 Å². The summed E-state index contributed by atoms with van der Waals surface area (Å²) in [6, 6.07) is 0. The molecule has 0 aliphatic rings. The van der Waals surface area contributed by atoms with Crippen molar-refractivity contribution in [3.8, 4) is 0 Å².